The van der Waals surface area contributed by atoms with Crippen LogP contribution in [0.15, 0.2) is 0 Å². The van der Waals surface area contributed by atoms with Crippen LogP contribution in [0.25, 0.3) is 0 Å². The lowest BCUT2D eigenvalue weighted by Gasteiger charge is -1.88. The Morgan fingerprint density at radius 1 is 1.18 bits per heavy atom. The summed E-state index contributed by atoms with van der Waals surface area (Å²) in [5.41, 5.74) is 0. The van der Waals surface area contributed by atoms with Crippen molar-refractivity contribution < 1.29 is 0 Å². The standard InChI is InChI=1S/C10H17S/c1-3-4-5-6-7-8-9-10-11-2/h1,3-5,8-10H2,2H3. The molecule has 11 heavy (non-hydrogen) atoms. The van der Waals surface area contributed by atoms with E-state index in [1.807, 2.05) is 11.8 Å². The summed E-state index contributed by atoms with van der Waals surface area (Å²) in [4.78, 5) is 0. The number of rotatable bonds is 5. The summed E-state index contributed by atoms with van der Waals surface area (Å²) in [6.45, 7) is 3.76. The highest BCUT2D eigenvalue weighted by Gasteiger charge is 1.80. The average molecular weight is 169 g/mol. The zero-order valence-electron chi connectivity index (χ0n) is 7.36. The molecule has 0 fully saturated rings. The van der Waals surface area contributed by atoms with E-state index in [2.05, 4.69) is 25.0 Å². The van der Waals surface area contributed by atoms with Gasteiger partial charge in [-0.3, -0.25) is 0 Å². The third-order valence-corrected chi connectivity index (χ3v) is 2.02. The molecule has 0 aromatic rings. The summed E-state index contributed by atoms with van der Waals surface area (Å²) in [6, 6.07) is 0. The molecule has 0 bridgehead atoms. The van der Waals surface area contributed by atoms with E-state index < -0.39 is 0 Å². The predicted octanol–water partition coefficient (Wildman–Crippen LogP) is 3.14. The molecule has 0 aliphatic carbocycles. The second-order valence-electron chi connectivity index (χ2n) is 2.41. The van der Waals surface area contributed by atoms with Gasteiger partial charge in [-0.1, -0.05) is 13.3 Å². The molecule has 0 amide bonds. The van der Waals surface area contributed by atoms with Gasteiger partial charge < -0.3 is 0 Å². The highest BCUT2D eigenvalue weighted by atomic mass is 32.2. The van der Waals surface area contributed by atoms with Gasteiger partial charge in [-0.2, -0.15) is 11.8 Å². The Kier molecular flexibility index (Phi) is 9.83. The zero-order valence-corrected chi connectivity index (χ0v) is 8.17. The third kappa shape index (κ3) is 9.91. The largest absolute Gasteiger partial charge is 0.165 e. The fourth-order valence-electron chi connectivity index (χ4n) is 0.695. The number of hydrogen-bond donors (Lipinski definition) is 0. The lowest BCUT2D eigenvalue weighted by atomic mass is 10.2. The normalized spacial score (nSPS) is 8.91. The fraction of sp³-hybridized carbons (Fsp3) is 0.700. The first-order valence-electron chi connectivity index (χ1n) is 4.15. The summed E-state index contributed by atoms with van der Waals surface area (Å²) in [5.74, 6) is 7.55. The Morgan fingerprint density at radius 2 is 1.82 bits per heavy atom. The van der Waals surface area contributed by atoms with E-state index in [-0.39, 0.29) is 0 Å². The van der Waals surface area contributed by atoms with Crippen molar-refractivity contribution in [3.8, 4) is 11.8 Å². The molecule has 0 aliphatic heterocycles. The van der Waals surface area contributed by atoms with Gasteiger partial charge in [0.1, 0.15) is 0 Å². The molecular formula is C10H17S. The van der Waals surface area contributed by atoms with Crippen molar-refractivity contribution in [2.45, 2.75) is 32.1 Å². The maximum Gasteiger partial charge on any atom is 0.00965 e. The van der Waals surface area contributed by atoms with Gasteiger partial charge in [0, 0.05) is 12.8 Å². The van der Waals surface area contributed by atoms with E-state index in [0.717, 1.165) is 25.7 Å². The first kappa shape index (κ1) is 10.9. The Balaban J connectivity index is 2.99. The Hall–Kier alpha value is -0.0900. The van der Waals surface area contributed by atoms with Gasteiger partial charge in [0.2, 0.25) is 0 Å². The smallest absolute Gasteiger partial charge is 0.00965 e. The second-order valence-corrected chi connectivity index (χ2v) is 3.39. The lowest BCUT2D eigenvalue weighted by molar-refractivity contribution is 0.880. The minimum atomic E-state index is 1.01. The van der Waals surface area contributed by atoms with Gasteiger partial charge in [0.05, 0.1) is 0 Å². The summed E-state index contributed by atoms with van der Waals surface area (Å²) in [6.07, 6.45) is 7.63. The Labute approximate surface area is 75.1 Å². The predicted molar refractivity (Wildman–Crippen MR) is 54.6 cm³/mol. The van der Waals surface area contributed by atoms with Crippen molar-refractivity contribution in [3.63, 3.8) is 0 Å². The minimum Gasteiger partial charge on any atom is -0.165 e. The van der Waals surface area contributed by atoms with E-state index >= 15 is 0 Å². The summed E-state index contributed by atoms with van der Waals surface area (Å²) < 4.78 is 0. The molecule has 0 nitrogen and oxygen atoms in total. The van der Waals surface area contributed by atoms with Gasteiger partial charge in [0.25, 0.3) is 0 Å². The van der Waals surface area contributed by atoms with Crippen molar-refractivity contribution >= 4 is 11.8 Å². The van der Waals surface area contributed by atoms with Crippen LogP contribution in [-0.2, 0) is 0 Å². The van der Waals surface area contributed by atoms with Crippen LogP contribution in [0.3, 0.4) is 0 Å². The molecule has 0 atom stereocenters. The molecule has 0 aromatic heterocycles. The van der Waals surface area contributed by atoms with Crippen LogP contribution in [0.5, 0.6) is 0 Å². The number of hydrogen-bond acceptors (Lipinski definition) is 1. The molecule has 0 aliphatic rings. The van der Waals surface area contributed by atoms with Crippen LogP contribution < -0.4 is 0 Å². The summed E-state index contributed by atoms with van der Waals surface area (Å²) in [5, 5.41) is 0. The van der Waals surface area contributed by atoms with E-state index in [1.165, 1.54) is 12.2 Å². The molecule has 0 spiro atoms. The van der Waals surface area contributed by atoms with Gasteiger partial charge in [-0.05, 0) is 24.9 Å². The van der Waals surface area contributed by atoms with Crippen LogP contribution in [0.1, 0.15) is 32.1 Å². The molecule has 0 heterocycles. The molecule has 0 aromatic carbocycles. The first-order chi connectivity index (χ1) is 5.41. The van der Waals surface area contributed by atoms with E-state index in [4.69, 9.17) is 0 Å². The molecule has 0 N–H and O–H groups in total. The minimum absolute atomic E-state index is 1.01. The van der Waals surface area contributed by atoms with E-state index in [0.29, 0.717) is 0 Å². The summed E-state index contributed by atoms with van der Waals surface area (Å²) in [7, 11) is 0. The Morgan fingerprint density at radius 3 is 2.36 bits per heavy atom. The quantitative estimate of drug-likeness (QED) is 0.450. The van der Waals surface area contributed by atoms with Gasteiger partial charge in [-0.25, -0.2) is 0 Å². The van der Waals surface area contributed by atoms with Crippen molar-refractivity contribution in [3.05, 3.63) is 6.92 Å². The Bertz CT molecular complexity index is 119. The van der Waals surface area contributed by atoms with Crippen LogP contribution in [0, 0.1) is 18.8 Å². The maximum atomic E-state index is 3.76. The van der Waals surface area contributed by atoms with Crippen molar-refractivity contribution in [1.29, 1.82) is 0 Å². The van der Waals surface area contributed by atoms with Crippen LogP contribution >= 0.6 is 11.8 Å². The lowest BCUT2D eigenvalue weighted by Crippen LogP contribution is -1.75. The number of unbranched alkanes of at least 4 members (excludes halogenated alkanes) is 3. The monoisotopic (exact) mass is 169 g/mol. The molecule has 0 unspecified atom stereocenters. The van der Waals surface area contributed by atoms with Crippen LogP contribution in [0.2, 0.25) is 0 Å². The first-order valence-corrected chi connectivity index (χ1v) is 5.55. The van der Waals surface area contributed by atoms with E-state index in [9.17, 15) is 0 Å². The van der Waals surface area contributed by atoms with Crippen molar-refractivity contribution in [2.24, 2.45) is 0 Å². The highest BCUT2D eigenvalue weighted by molar-refractivity contribution is 7.98. The van der Waals surface area contributed by atoms with E-state index in [1.54, 1.807) is 0 Å². The van der Waals surface area contributed by atoms with Gasteiger partial charge in [0.15, 0.2) is 0 Å². The molecule has 0 saturated heterocycles. The van der Waals surface area contributed by atoms with Crippen LogP contribution in [0.4, 0.5) is 0 Å². The molecule has 0 rings (SSSR count). The van der Waals surface area contributed by atoms with Crippen LogP contribution in [-0.4, -0.2) is 12.0 Å². The molecule has 1 radical (unpaired) electrons. The van der Waals surface area contributed by atoms with Crippen molar-refractivity contribution in [1.82, 2.24) is 0 Å². The SMILES string of the molecule is [CH2]CCCC#CCCCSC. The maximum absolute atomic E-state index is 3.76. The molecular weight excluding hydrogens is 152 g/mol. The summed E-state index contributed by atoms with van der Waals surface area (Å²) >= 11 is 1.89. The second kappa shape index (κ2) is 9.91. The zero-order chi connectivity index (χ0) is 8.36. The highest BCUT2D eigenvalue weighted by Crippen LogP contribution is 1.98. The molecule has 63 valence electrons. The number of thioether (sulfide) groups is 1. The average Bonchev–Trinajstić information content (AvgIpc) is 2.03. The van der Waals surface area contributed by atoms with Gasteiger partial charge >= 0.3 is 0 Å². The fourth-order valence-corrected chi connectivity index (χ4v) is 1.13. The third-order valence-electron chi connectivity index (χ3n) is 1.33. The van der Waals surface area contributed by atoms with Gasteiger partial charge in [-0.15, -0.1) is 11.8 Å². The topological polar surface area (TPSA) is 0 Å². The molecule has 1 heteroatoms. The molecule has 0 saturated carbocycles. The van der Waals surface area contributed by atoms with Crippen molar-refractivity contribution in [2.75, 3.05) is 12.0 Å².